The van der Waals surface area contributed by atoms with Crippen LogP contribution in [0, 0.1) is 5.92 Å². The first-order valence-corrected chi connectivity index (χ1v) is 12.6. The number of amides is 1. The maximum absolute atomic E-state index is 13.2. The highest BCUT2D eigenvalue weighted by Gasteiger charge is 2.27. The molecular weight excluding hydrogens is 436 g/mol. The Kier molecular flexibility index (Phi) is 8.74. The summed E-state index contributed by atoms with van der Waals surface area (Å²) < 4.78 is 25.1. The smallest absolute Gasteiger partial charge is 0.302 e. The molecule has 1 aliphatic rings. The molecular formula is C22H28N2O5S2. The van der Waals surface area contributed by atoms with Gasteiger partial charge in [0, 0.05) is 18.7 Å². The first-order valence-electron chi connectivity index (χ1n) is 10.5. The van der Waals surface area contributed by atoms with Crippen LogP contribution < -0.4 is 5.32 Å². The third-order valence-corrected chi connectivity index (χ3v) is 6.86. The van der Waals surface area contributed by atoms with Crippen molar-refractivity contribution in [1.82, 2.24) is 4.98 Å². The first-order chi connectivity index (χ1) is 14.9. The van der Waals surface area contributed by atoms with Crippen LogP contribution in [0.2, 0.25) is 0 Å². The molecule has 2 aromatic rings. The first kappa shape index (κ1) is 23.6. The van der Waals surface area contributed by atoms with Crippen molar-refractivity contribution >= 4 is 39.4 Å². The molecule has 0 aliphatic heterocycles. The summed E-state index contributed by atoms with van der Waals surface area (Å²) in [7, 11) is 0. The molecule has 1 fully saturated rings. The molecule has 1 aromatic carbocycles. The second-order valence-electron chi connectivity index (χ2n) is 7.87. The number of nitrogens with zero attached hydrogens (tertiary/aromatic N) is 1. The molecule has 1 saturated carbocycles. The van der Waals surface area contributed by atoms with Crippen molar-refractivity contribution in [3.05, 3.63) is 46.5 Å². The largest absolute Gasteiger partial charge is 0.465 e. The van der Waals surface area contributed by atoms with Gasteiger partial charge in [0.25, 0.3) is 0 Å². The van der Waals surface area contributed by atoms with Crippen LogP contribution in [0.25, 0.3) is 0 Å². The number of carbonyl (C=O) groups excluding carboxylic acids is 2. The topological polar surface area (TPSA) is 106 Å². The van der Waals surface area contributed by atoms with E-state index < -0.39 is 11.1 Å². The number of anilines is 1. The molecule has 1 amide bonds. The van der Waals surface area contributed by atoms with Gasteiger partial charge in [0.2, 0.25) is 5.91 Å². The van der Waals surface area contributed by atoms with Gasteiger partial charge in [0.1, 0.15) is 0 Å². The van der Waals surface area contributed by atoms with Crippen LogP contribution in [0.4, 0.5) is 5.13 Å². The summed E-state index contributed by atoms with van der Waals surface area (Å²) in [6, 6.07) is 7.39. The molecule has 0 bridgehead atoms. The average molecular weight is 465 g/mol. The maximum Gasteiger partial charge on any atom is 0.302 e. The van der Waals surface area contributed by atoms with Crippen LogP contribution >= 0.6 is 11.3 Å². The monoisotopic (exact) mass is 464 g/mol. The van der Waals surface area contributed by atoms with Gasteiger partial charge in [0.05, 0.1) is 24.0 Å². The van der Waals surface area contributed by atoms with E-state index in [4.69, 9.17) is 9.29 Å². The molecule has 2 unspecified atom stereocenters. The lowest BCUT2D eigenvalue weighted by Crippen LogP contribution is -2.23. The van der Waals surface area contributed by atoms with Crippen molar-refractivity contribution in [3.63, 3.8) is 0 Å². The third-order valence-electron chi connectivity index (χ3n) is 5.48. The predicted molar refractivity (Wildman–Crippen MR) is 121 cm³/mol. The summed E-state index contributed by atoms with van der Waals surface area (Å²) in [6.07, 6.45) is 5.98. The number of nitrogens with one attached hydrogen (secondary N) is 1. The summed E-state index contributed by atoms with van der Waals surface area (Å²) in [5, 5.41) is 5.34. The summed E-state index contributed by atoms with van der Waals surface area (Å²) in [6.45, 7) is 1.63. The molecule has 0 saturated heterocycles. The molecule has 3 rings (SSSR count). The van der Waals surface area contributed by atoms with Crippen molar-refractivity contribution in [1.29, 1.82) is 0 Å². The molecule has 31 heavy (non-hydrogen) atoms. The van der Waals surface area contributed by atoms with Crippen molar-refractivity contribution < 1.29 is 23.1 Å². The van der Waals surface area contributed by atoms with E-state index in [2.05, 4.69) is 10.3 Å². The summed E-state index contributed by atoms with van der Waals surface area (Å²) in [4.78, 5) is 28.5. The van der Waals surface area contributed by atoms with Gasteiger partial charge in [-0.2, -0.15) is 0 Å². The average Bonchev–Trinajstić information content (AvgIpc) is 3.38. The fourth-order valence-electron chi connectivity index (χ4n) is 3.93. The van der Waals surface area contributed by atoms with Gasteiger partial charge in [-0.3, -0.25) is 9.59 Å². The number of rotatable bonds is 10. The van der Waals surface area contributed by atoms with E-state index in [1.54, 1.807) is 0 Å². The Balaban J connectivity index is 1.68. The zero-order chi connectivity index (χ0) is 22.2. The van der Waals surface area contributed by atoms with E-state index in [1.165, 1.54) is 31.1 Å². The van der Waals surface area contributed by atoms with Gasteiger partial charge in [-0.25, -0.2) is 9.19 Å². The van der Waals surface area contributed by atoms with Crippen LogP contribution in [0.1, 0.15) is 61.8 Å². The standard InChI is InChI=1S/C22H28N2O5S2/c1-15(25)29-11-10-19-13-30-22(23-19)24-21(26)20(12-16-4-2-3-5-16)18-8-6-17(7-9-18)14-31(27)28/h6-9,13,16,20H,2-5,10-12,14H2,1H3,(H,27,28)(H,23,24,26). The molecule has 1 heterocycles. The Hall–Kier alpha value is -2.10. The Morgan fingerprint density at radius 2 is 2.00 bits per heavy atom. The van der Waals surface area contributed by atoms with Gasteiger partial charge in [-0.1, -0.05) is 49.9 Å². The van der Waals surface area contributed by atoms with Crippen LogP contribution in [-0.4, -0.2) is 32.2 Å². The van der Waals surface area contributed by atoms with Crippen LogP contribution in [0.15, 0.2) is 29.6 Å². The summed E-state index contributed by atoms with van der Waals surface area (Å²) >= 11 is -0.534. The number of esters is 1. The second-order valence-corrected chi connectivity index (χ2v) is 9.66. The molecule has 1 aromatic heterocycles. The molecule has 0 spiro atoms. The van der Waals surface area contributed by atoms with Crippen molar-refractivity contribution in [2.45, 2.75) is 57.1 Å². The zero-order valence-electron chi connectivity index (χ0n) is 17.5. The van der Waals surface area contributed by atoms with E-state index in [9.17, 15) is 13.8 Å². The fraction of sp³-hybridized carbons (Fsp3) is 0.500. The minimum Gasteiger partial charge on any atom is -0.465 e. The third kappa shape index (κ3) is 7.52. The van der Waals surface area contributed by atoms with E-state index in [0.717, 1.165) is 36.1 Å². The number of aromatic nitrogens is 1. The van der Waals surface area contributed by atoms with E-state index in [0.29, 0.717) is 17.5 Å². The summed E-state index contributed by atoms with van der Waals surface area (Å²) in [5.41, 5.74) is 2.45. The van der Waals surface area contributed by atoms with Gasteiger partial charge < -0.3 is 14.6 Å². The lowest BCUT2D eigenvalue weighted by Gasteiger charge is -2.20. The van der Waals surface area contributed by atoms with Gasteiger partial charge in [-0.05, 0) is 23.5 Å². The number of thiazole rings is 1. The van der Waals surface area contributed by atoms with Gasteiger partial charge >= 0.3 is 5.97 Å². The number of carbonyl (C=O) groups is 2. The summed E-state index contributed by atoms with van der Waals surface area (Å²) in [5.74, 6) is -0.114. The van der Waals surface area contributed by atoms with E-state index >= 15 is 0 Å². The highest BCUT2D eigenvalue weighted by Crippen LogP contribution is 2.35. The minimum absolute atomic E-state index is 0.0784. The SMILES string of the molecule is CC(=O)OCCc1csc(NC(=O)C(CC2CCCC2)c2ccc(CS(=O)O)cc2)n1. The Morgan fingerprint density at radius 1 is 1.29 bits per heavy atom. The maximum atomic E-state index is 13.2. The number of benzene rings is 1. The fourth-order valence-corrected chi connectivity index (χ4v) is 5.16. The molecule has 168 valence electrons. The molecule has 1 aliphatic carbocycles. The molecule has 0 radical (unpaired) electrons. The molecule has 7 nitrogen and oxygen atoms in total. The lowest BCUT2D eigenvalue weighted by molar-refractivity contribution is -0.140. The van der Waals surface area contributed by atoms with Crippen LogP contribution in [0.5, 0.6) is 0 Å². The van der Waals surface area contributed by atoms with E-state index in [1.807, 2.05) is 29.6 Å². The Morgan fingerprint density at radius 3 is 2.65 bits per heavy atom. The highest BCUT2D eigenvalue weighted by molar-refractivity contribution is 7.78. The van der Waals surface area contributed by atoms with Crippen LogP contribution in [0.3, 0.4) is 0 Å². The van der Waals surface area contributed by atoms with E-state index in [-0.39, 0.29) is 30.2 Å². The quantitative estimate of drug-likeness (QED) is 0.402. The van der Waals surface area contributed by atoms with Crippen molar-refractivity contribution in [2.75, 3.05) is 11.9 Å². The second kappa shape index (κ2) is 11.5. The van der Waals surface area contributed by atoms with Crippen molar-refractivity contribution in [2.24, 2.45) is 5.92 Å². The van der Waals surface area contributed by atoms with Crippen LogP contribution in [-0.2, 0) is 37.6 Å². The number of hydrogen-bond donors (Lipinski definition) is 2. The van der Waals surface area contributed by atoms with Gasteiger partial charge in [-0.15, -0.1) is 11.3 Å². The Labute approximate surface area is 188 Å². The van der Waals surface area contributed by atoms with Gasteiger partial charge in [0.15, 0.2) is 16.2 Å². The number of hydrogen-bond acceptors (Lipinski definition) is 6. The zero-order valence-corrected chi connectivity index (χ0v) is 19.2. The molecule has 2 atom stereocenters. The normalized spacial score (nSPS) is 16.1. The predicted octanol–water partition coefficient (Wildman–Crippen LogP) is 4.27. The van der Waals surface area contributed by atoms with Crippen molar-refractivity contribution in [3.8, 4) is 0 Å². The number of ether oxygens (including phenoxy) is 1. The molecule has 2 N–H and O–H groups in total. The molecule has 9 heteroatoms. The minimum atomic E-state index is -1.89. The highest BCUT2D eigenvalue weighted by atomic mass is 32.2. The lowest BCUT2D eigenvalue weighted by atomic mass is 9.87. The Bertz CT molecular complexity index is 907.